The zero-order valence-electron chi connectivity index (χ0n) is 9.31. The van der Waals surface area contributed by atoms with Gasteiger partial charge in [-0.15, -0.1) is 0 Å². The fourth-order valence-corrected chi connectivity index (χ4v) is 2.12. The van der Waals surface area contributed by atoms with Crippen molar-refractivity contribution in [2.24, 2.45) is 0 Å². The third-order valence-corrected chi connectivity index (χ3v) is 2.78. The Bertz CT molecular complexity index is 357. The Balaban J connectivity index is 2.36. The van der Waals surface area contributed by atoms with E-state index in [0.717, 1.165) is 17.8 Å². The molecule has 1 aliphatic rings. The molecule has 4 heteroatoms. The van der Waals surface area contributed by atoms with E-state index < -0.39 is 0 Å². The lowest BCUT2D eigenvalue weighted by Gasteiger charge is -2.16. The number of carbonyl (C=O) groups excluding carboxylic acids is 1. The standard InChI is InChI=1S/C12H16N2O2/c1-2-13-11-9-5-3-4-6-10(9)14(7-8-15)12(11)16/h3-6,11,13,15H,2,7-8H2,1H3. The van der Waals surface area contributed by atoms with Crippen molar-refractivity contribution in [2.75, 3.05) is 24.6 Å². The van der Waals surface area contributed by atoms with Gasteiger partial charge in [0.1, 0.15) is 6.04 Å². The van der Waals surface area contributed by atoms with E-state index in [4.69, 9.17) is 5.11 Å². The van der Waals surface area contributed by atoms with Gasteiger partial charge in [0.2, 0.25) is 5.91 Å². The van der Waals surface area contributed by atoms with Crippen LogP contribution in [0.2, 0.25) is 0 Å². The highest BCUT2D eigenvalue weighted by Gasteiger charge is 2.35. The second kappa shape index (κ2) is 4.63. The van der Waals surface area contributed by atoms with E-state index in [1.54, 1.807) is 4.90 Å². The van der Waals surface area contributed by atoms with Gasteiger partial charge in [-0.1, -0.05) is 25.1 Å². The highest BCUT2D eigenvalue weighted by molar-refractivity contribution is 6.04. The number of aliphatic hydroxyl groups excluding tert-OH is 1. The van der Waals surface area contributed by atoms with Crippen LogP contribution in [-0.2, 0) is 4.79 Å². The van der Waals surface area contributed by atoms with Crippen LogP contribution in [0.15, 0.2) is 24.3 Å². The monoisotopic (exact) mass is 220 g/mol. The average Bonchev–Trinajstić information content (AvgIpc) is 2.56. The van der Waals surface area contributed by atoms with Crippen molar-refractivity contribution < 1.29 is 9.90 Å². The fourth-order valence-electron chi connectivity index (χ4n) is 2.12. The normalized spacial score (nSPS) is 19.0. The Morgan fingerprint density at radius 1 is 1.44 bits per heavy atom. The molecule has 0 radical (unpaired) electrons. The molecule has 0 saturated carbocycles. The summed E-state index contributed by atoms with van der Waals surface area (Å²) < 4.78 is 0. The fraction of sp³-hybridized carbons (Fsp3) is 0.417. The smallest absolute Gasteiger partial charge is 0.248 e. The number of hydrogen-bond acceptors (Lipinski definition) is 3. The number of carbonyl (C=O) groups is 1. The number of amides is 1. The van der Waals surface area contributed by atoms with E-state index in [0.29, 0.717) is 6.54 Å². The summed E-state index contributed by atoms with van der Waals surface area (Å²) in [5.74, 6) is 0.0251. The molecule has 0 saturated heterocycles. The van der Waals surface area contributed by atoms with E-state index >= 15 is 0 Å². The predicted molar refractivity (Wildman–Crippen MR) is 62.3 cm³/mol. The molecule has 1 atom stereocenters. The molecular formula is C12H16N2O2. The van der Waals surface area contributed by atoms with Crippen LogP contribution in [0.5, 0.6) is 0 Å². The molecule has 1 aliphatic heterocycles. The molecule has 4 nitrogen and oxygen atoms in total. The molecule has 2 rings (SSSR count). The van der Waals surface area contributed by atoms with Gasteiger partial charge in [-0.2, -0.15) is 0 Å². The molecule has 0 aliphatic carbocycles. The molecule has 1 amide bonds. The van der Waals surface area contributed by atoms with Crippen LogP contribution in [0.1, 0.15) is 18.5 Å². The Morgan fingerprint density at radius 3 is 2.88 bits per heavy atom. The zero-order valence-corrected chi connectivity index (χ0v) is 9.31. The molecular weight excluding hydrogens is 204 g/mol. The van der Waals surface area contributed by atoms with Crippen LogP contribution in [-0.4, -0.2) is 30.7 Å². The Kier molecular flexibility index (Phi) is 3.22. The van der Waals surface area contributed by atoms with Gasteiger partial charge in [0.05, 0.1) is 6.61 Å². The average molecular weight is 220 g/mol. The van der Waals surface area contributed by atoms with Gasteiger partial charge in [0.25, 0.3) is 0 Å². The van der Waals surface area contributed by atoms with Gasteiger partial charge >= 0.3 is 0 Å². The van der Waals surface area contributed by atoms with Gasteiger partial charge in [0, 0.05) is 17.8 Å². The highest BCUT2D eigenvalue weighted by Crippen LogP contribution is 2.35. The number of hydrogen-bond donors (Lipinski definition) is 2. The third kappa shape index (κ3) is 1.70. The van der Waals surface area contributed by atoms with Gasteiger partial charge < -0.3 is 15.3 Å². The molecule has 1 heterocycles. The molecule has 0 aromatic heterocycles. The number of nitrogens with zero attached hydrogens (tertiary/aromatic N) is 1. The number of anilines is 1. The Hall–Kier alpha value is -1.39. The third-order valence-electron chi connectivity index (χ3n) is 2.78. The molecule has 0 bridgehead atoms. The lowest BCUT2D eigenvalue weighted by atomic mass is 10.1. The second-order valence-corrected chi connectivity index (χ2v) is 3.76. The maximum absolute atomic E-state index is 12.1. The molecule has 2 N–H and O–H groups in total. The molecule has 16 heavy (non-hydrogen) atoms. The Morgan fingerprint density at radius 2 is 2.19 bits per heavy atom. The highest BCUT2D eigenvalue weighted by atomic mass is 16.3. The molecule has 86 valence electrons. The van der Waals surface area contributed by atoms with Crippen molar-refractivity contribution in [1.29, 1.82) is 0 Å². The van der Waals surface area contributed by atoms with E-state index in [1.807, 2.05) is 31.2 Å². The second-order valence-electron chi connectivity index (χ2n) is 3.76. The number of para-hydroxylation sites is 1. The number of likely N-dealkylation sites (N-methyl/N-ethyl adjacent to an activating group) is 1. The molecule has 0 fully saturated rings. The number of nitrogens with one attached hydrogen (secondary N) is 1. The maximum Gasteiger partial charge on any atom is 0.248 e. The molecule has 1 unspecified atom stereocenters. The van der Waals surface area contributed by atoms with Crippen LogP contribution >= 0.6 is 0 Å². The first-order valence-corrected chi connectivity index (χ1v) is 5.54. The van der Waals surface area contributed by atoms with E-state index in [1.165, 1.54) is 0 Å². The number of β-amino-alcohol motifs (C(OH)–C–C–N with tert-alkyl or cyclic N) is 1. The SMILES string of the molecule is CCNC1C(=O)N(CCO)c2ccccc21. The summed E-state index contributed by atoms with van der Waals surface area (Å²) in [6.07, 6.45) is 0. The summed E-state index contributed by atoms with van der Waals surface area (Å²) in [7, 11) is 0. The molecule has 1 aromatic carbocycles. The summed E-state index contributed by atoms with van der Waals surface area (Å²) in [6, 6.07) is 7.45. The minimum absolute atomic E-state index is 0.0150. The van der Waals surface area contributed by atoms with Crippen LogP contribution in [0.3, 0.4) is 0 Å². The molecule has 0 spiro atoms. The lowest BCUT2D eigenvalue weighted by Crippen LogP contribution is -2.36. The van der Waals surface area contributed by atoms with Crippen LogP contribution in [0, 0.1) is 0 Å². The van der Waals surface area contributed by atoms with Crippen molar-refractivity contribution in [3.8, 4) is 0 Å². The van der Waals surface area contributed by atoms with E-state index in [9.17, 15) is 4.79 Å². The van der Waals surface area contributed by atoms with Gasteiger partial charge in [-0.05, 0) is 12.6 Å². The summed E-state index contributed by atoms with van der Waals surface area (Å²) in [6.45, 7) is 3.07. The van der Waals surface area contributed by atoms with Crippen molar-refractivity contribution in [1.82, 2.24) is 5.32 Å². The summed E-state index contributed by atoms with van der Waals surface area (Å²) >= 11 is 0. The maximum atomic E-state index is 12.1. The first kappa shape index (κ1) is 11.1. The number of fused-ring (bicyclic) bond motifs is 1. The zero-order chi connectivity index (χ0) is 11.5. The van der Waals surface area contributed by atoms with Gasteiger partial charge in [-0.25, -0.2) is 0 Å². The van der Waals surface area contributed by atoms with Gasteiger partial charge in [0.15, 0.2) is 0 Å². The van der Waals surface area contributed by atoms with Crippen molar-refractivity contribution in [3.05, 3.63) is 29.8 Å². The number of benzene rings is 1. The van der Waals surface area contributed by atoms with Crippen molar-refractivity contribution >= 4 is 11.6 Å². The number of aliphatic hydroxyl groups is 1. The van der Waals surface area contributed by atoms with E-state index in [2.05, 4.69) is 5.32 Å². The lowest BCUT2D eigenvalue weighted by molar-refractivity contribution is -0.120. The summed E-state index contributed by atoms with van der Waals surface area (Å²) in [5, 5.41) is 12.1. The topological polar surface area (TPSA) is 52.6 Å². The quantitative estimate of drug-likeness (QED) is 0.784. The van der Waals surface area contributed by atoms with Crippen LogP contribution in [0.4, 0.5) is 5.69 Å². The van der Waals surface area contributed by atoms with Crippen LogP contribution < -0.4 is 10.2 Å². The summed E-state index contributed by atoms with van der Waals surface area (Å²) in [4.78, 5) is 13.7. The Labute approximate surface area is 94.9 Å². The predicted octanol–water partition coefficient (Wildman–Crippen LogP) is 0.676. The molecule has 1 aromatic rings. The van der Waals surface area contributed by atoms with Crippen molar-refractivity contribution in [2.45, 2.75) is 13.0 Å². The first-order valence-electron chi connectivity index (χ1n) is 5.54. The van der Waals surface area contributed by atoms with Crippen molar-refractivity contribution in [3.63, 3.8) is 0 Å². The summed E-state index contributed by atoms with van der Waals surface area (Å²) in [5.41, 5.74) is 1.91. The van der Waals surface area contributed by atoms with Gasteiger partial charge in [-0.3, -0.25) is 4.79 Å². The largest absolute Gasteiger partial charge is 0.395 e. The number of rotatable bonds is 4. The minimum atomic E-state index is -0.257. The first-order chi connectivity index (χ1) is 7.79. The minimum Gasteiger partial charge on any atom is -0.395 e. The van der Waals surface area contributed by atoms with E-state index in [-0.39, 0.29) is 18.6 Å². The van der Waals surface area contributed by atoms with Crippen LogP contribution in [0.25, 0.3) is 0 Å².